The molecule has 1 amide bonds. The molecule has 0 aliphatic rings. The molecule has 0 spiro atoms. The Bertz CT molecular complexity index is 435. The average Bonchev–Trinajstić information content (AvgIpc) is 2.77. The van der Waals surface area contributed by atoms with Crippen LogP contribution in [0.1, 0.15) is 10.5 Å². The van der Waals surface area contributed by atoms with Gasteiger partial charge in [-0.15, -0.1) is 0 Å². The fourth-order valence-electron chi connectivity index (χ4n) is 0.922. The molecule has 72 valence electrons. The summed E-state index contributed by atoms with van der Waals surface area (Å²) in [4.78, 5) is 11.5. The first kappa shape index (κ1) is 8.95. The fraction of sp³-hybridized carbons (Fsp3) is 0. The first-order valence-electron chi connectivity index (χ1n) is 3.77. The highest BCUT2D eigenvalue weighted by Gasteiger charge is 2.09. The van der Waals surface area contributed by atoms with Crippen LogP contribution in [-0.4, -0.2) is 26.3 Å². The highest BCUT2D eigenvalue weighted by atomic mass is 79.9. The van der Waals surface area contributed by atoms with Crippen LogP contribution < -0.4 is 5.32 Å². The Labute approximate surface area is 87.2 Å². The molecule has 0 aromatic carbocycles. The maximum Gasteiger partial charge on any atom is 0.274 e. The maximum absolute atomic E-state index is 11.5. The third-order valence-electron chi connectivity index (χ3n) is 1.58. The molecule has 7 heteroatoms. The molecule has 0 saturated carbocycles. The van der Waals surface area contributed by atoms with Gasteiger partial charge in [-0.05, 0) is 22.0 Å². The second-order valence-corrected chi connectivity index (χ2v) is 3.37. The standard InChI is InChI=1S/C7H6BrN5O/c8-4-3-10-13-6(4)11-7(14)5-1-2-9-12-5/h1-3H,(H,9,12)(H2,10,11,13,14). The van der Waals surface area contributed by atoms with Gasteiger partial charge in [-0.2, -0.15) is 10.2 Å². The highest BCUT2D eigenvalue weighted by molar-refractivity contribution is 9.10. The molecule has 3 N–H and O–H groups in total. The molecule has 2 aromatic rings. The molecule has 14 heavy (non-hydrogen) atoms. The largest absolute Gasteiger partial charge is 0.305 e. The van der Waals surface area contributed by atoms with Gasteiger partial charge in [0.2, 0.25) is 0 Å². The summed E-state index contributed by atoms with van der Waals surface area (Å²) >= 11 is 3.22. The fourth-order valence-corrected chi connectivity index (χ4v) is 1.21. The molecule has 6 nitrogen and oxygen atoms in total. The molecule has 0 aliphatic carbocycles. The third-order valence-corrected chi connectivity index (χ3v) is 2.18. The number of nitrogens with one attached hydrogen (secondary N) is 3. The number of hydrogen-bond acceptors (Lipinski definition) is 3. The molecule has 2 aromatic heterocycles. The topological polar surface area (TPSA) is 86.5 Å². The smallest absolute Gasteiger partial charge is 0.274 e. The predicted octanol–water partition coefficient (Wildman–Crippen LogP) is 1.15. The van der Waals surface area contributed by atoms with Gasteiger partial charge in [-0.25, -0.2) is 0 Å². The summed E-state index contributed by atoms with van der Waals surface area (Å²) in [5.74, 6) is 0.247. The number of aromatic nitrogens is 4. The van der Waals surface area contributed by atoms with E-state index in [9.17, 15) is 4.79 Å². The second-order valence-electron chi connectivity index (χ2n) is 2.52. The molecule has 0 saturated heterocycles. The van der Waals surface area contributed by atoms with Crippen molar-refractivity contribution in [3.8, 4) is 0 Å². The van der Waals surface area contributed by atoms with Crippen molar-refractivity contribution in [2.75, 3.05) is 5.32 Å². The van der Waals surface area contributed by atoms with Crippen molar-refractivity contribution in [1.29, 1.82) is 0 Å². The first-order chi connectivity index (χ1) is 6.77. The summed E-state index contributed by atoms with van der Waals surface area (Å²) in [7, 11) is 0. The van der Waals surface area contributed by atoms with E-state index in [4.69, 9.17) is 0 Å². The van der Waals surface area contributed by atoms with E-state index in [-0.39, 0.29) is 5.91 Å². The Morgan fingerprint density at radius 3 is 2.86 bits per heavy atom. The lowest BCUT2D eigenvalue weighted by Gasteiger charge is -1.99. The van der Waals surface area contributed by atoms with Crippen LogP contribution in [0.25, 0.3) is 0 Å². The van der Waals surface area contributed by atoms with Crippen LogP contribution in [0.2, 0.25) is 0 Å². The van der Waals surface area contributed by atoms with Crippen LogP contribution in [0.5, 0.6) is 0 Å². The monoisotopic (exact) mass is 255 g/mol. The number of hydrogen-bond donors (Lipinski definition) is 3. The van der Waals surface area contributed by atoms with E-state index in [0.29, 0.717) is 16.0 Å². The van der Waals surface area contributed by atoms with E-state index in [1.165, 1.54) is 6.20 Å². The molecular formula is C7H6BrN5O. The lowest BCUT2D eigenvalue weighted by atomic mass is 10.4. The summed E-state index contributed by atoms with van der Waals surface area (Å²) in [6.45, 7) is 0. The number of halogens is 1. The van der Waals surface area contributed by atoms with E-state index in [2.05, 4.69) is 41.6 Å². The van der Waals surface area contributed by atoms with Crippen LogP contribution in [0.15, 0.2) is 22.9 Å². The molecule has 2 heterocycles. The predicted molar refractivity (Wildman–Crippen MR) is 52.8 cm³/mol. The van der Waals surface area contributed by atoms with Crippen LogP contribution in [0, 0.1) is 0 Å². The van der Waals surface area contributed by atoms with Gasteiger partial charge in [-0.3, -0.25) is 15.0 Å². The van der Waals surface area contributed by atoms with Gasteiger partial charge in [-0.1, -0.05) is 0 Å². The Morgan fingerprint density at radius 1 is 1.43 bits per heavy atom. The van der Waals surface area contributed by atoms with Crippen molar-refractivity contribution in [2.45, 2.75) is 0 Å². The summed E-state index contributed by atoms with van der Waals surface area (Å²) in [6, 6.07) is 1.58. The zero-order valence-electron chi connectivity index (χ0n) is 6.91. The van der Waals surface area contributed by atoms with Crippen LogP contribution in [-0.2, 0) is 0 Å². The quantitative estimate of drug-likeness (QED) is 0.753. The summed E-state index contributed by atoms with van der Waals surface area (Å²) in [5.41, 5.74) is 0.395. The lowest BCUT2D eigenvalue weighted by molar-refractivity contribution is 0.102. The minimum absolute atomic E-state index is 0.271. The first-order valence-corrected chi connectivity index (χ1v) is 4.56. The molecule has 0 atom stereocenters. The van der Waals surface area contributed by atoms with E-state index in [1.54, 1.807) is 12.3 Å². The number of nitrogens with zero attached hydrogens (tertiary/aromatic N) is 2. The van der Waals surface area contributed by atoms with Crippen molar-refractivity contribution >= 4 is 27.7 Å². The third kappa shape index (κ3) is 1.67. The average molecular weight is 256 g/mol. The number of H-pyrrole nitrogens is 2. The summed E-state index contributed by atoms with van der Waals surface area (Å²) < 4.78 is 0.699. The Morgan fingerprint density at radius 2 is 2.29 bits per heavy atom. The number of anilines is 1. The molecule has 0 radical (unpaired) electrons. The number of aromatic amines is 2. The van der Waals surface area contributed by atoms with Crippen molar-refractivity contribution in [2.24, 2.45) is 0 Å². The van der Waals surface area contributed by atoms with Gasteiger partial charge in [0.25, 0.3) is 5.91 Å². The zero-order chi connectivity index (χ0) is 9.97. The van der Waals surface area contributed by atoms with Crippen molar-refractivity contribution < 1.29 is 4.79 Å². The van der Waals surface area contributed by atoms with Gasteiger partial charge >= 0.3 is 0 Å². The van der Waals surface area contributed by atoms with Crippen LogP contribution >= 0.6 is 15.9 Å². The summed E-state index contributed by atoms with van der Waals surface area (Å²) in [6.07, 6.45) is 3.07. The SMILES string of the molecule is O=C(Nc1[nH]ncc1Br)c1ccn[nH]1. The maximum atomic E-state index is 11.5. The van der Waals surface area contributed by atoms with E-state index in [1.807, 2.05) is 0 Å². The van der Waals surface area contributed by atoms with Gasteiger partial charge in [0.05, 0.1) is 10.7 Å². The van der Waals surface area contributed by atoms with Crippen molar-refractivity contribution in [1.82, 2.24) is 20.4 Å². The van der Waals surface area contributed by atoms with Crippen molar-refractivity contribution in [3.63, 3.8) is 0 Å². The normalized spacial score (nSPS) is 10.1. The molecule has 0 fully saturated rings. The molecule has 0 unspecified atom stereocenters. The molecule has 0 aliphatic heterocycles. The lowest BCUT2D eigenvalue weighted by Crippen LogP contribution is -2.12. The van der Waals surface area contributed by atoms with E-state index in [0.717, 1.165) is 0 Å². The number of amides is 1. The molecule has 0 bridgehead atoms. The Hall–Kier alpha value is -1.63. The zero-order valence-corrected chi connectivity index (χ0v) is 8.50. The van der Waals surface area contributed by atoms with Gasteiger partial charge in [0, 0.05) is 6.20 Å². The van der Waals surface area contributed by atoms with Gasteiger partial charge in [0.1, 0.15) is 11.5 Å². The number of rotatable bonds is 2. The van der Waals surface area contributed by atoms with E-state index < -0.39 is 0 Å². The minimum atomic E-state index is -0.271. The summed E-state index contributed by atoms with van der Waals surface area (Å²) in [5, 5.41) is 15.2. The molecular weight excluding hydrogens is 250 g/mol. The van der Waals surface area contributed by atoms with Crippen LogP contribution in [0.4, 0.5) is 5.82 Å². The van der Waals surface area contributed by atoms with Crippen LogP contribution in [0.3, 0.4) is 0 Å². The molecule has 2 rings (SSSR count). The number of carbonyl (C=O) groups is 1. The number of carbonyl (C=O) groups excluding carboxylic acids is 1. The second kappa shape index (κ2) is 3.62. The van der Waals surface area contributed by atoms with Crippen molar-refractivity contribution in [3.05, 3.63) is 28.6 Å². The van der Waals surface area contributed by atoms with E-state index >= 15 is 0 Å². The minimum Gasteiger partial charge on any atom is -0.305 e. The van der Waals surface area contributed by atoms with Gasteiger partial charge in [0.15, 0.2) is 0 Å². The highest BCUT2D eigenvalue weighted by Crippen LogP contribution is 2.18. The van der Waals surface area contributed by atoms with Gasteiger partial charge < -0.3 is 5.32 Å². The Kier molecular flexibility index (Phi) is 2.32. The Balaban J connectivity index is 2.13.